The van der Waals surface area contributed by atoms with Gasteiger partial charge in [-0.15, -0.1) is 0 Å². The lowest BCUT2D eigenvalue weighted by molar-refractivity contribution is -0.137. The Morgan fingerprint density at radius 1 is 0.536 bits per heavy atom. The van der Waals surface area contributed by atoms with Crippen LogP contribution in [0.15, 0.2) is 24.3 Å². The van der Waals surface area contributed by atoms with Crippen LogP contribution in [0.25, 0.3) is 0 Å². The van der Waals surface area contributed by atoms with Gasteiger partial charge in [-0.05, 0) is 38.5 Å². The lowest BCUT2D eigenvalue weighted by Crippen LogP contribution is -1.92. The second-order valence-corrected chi connectivity index (χ2v) is 8.19. The van der Waals surface area contributed by atoms with Gasteiger partial charge in [0.15, 0.2) is 0 Å². The van der Waals surface area contributed by atoms with E-state index in [0.29, 0.717) is 0 Å². The standard InChI is InChI=1S/C26H48O2/c1-2-3-4-5-6-7-8-9-10-11-12-13-14-15-16-17-18-19-20-21-22-23-24-25-26(27)28/h17-18,21-22H,2-16,19-20,23-25H2,1H3,(H,27,28). The molecule has 0 aliphatic carbocycles. The first kappa shape index (κ1) is 27.0. The molecule has 0 heterocycles. The first-order chi connectivity index (χ1) is 13.8. The van der Waals surface area contributed by atoms with E-state index in [1.807, 2.05) is 0 Å². The van der Waals surface area contributed by atoms with Crippen LogP contribution in [0, 0.1) is 0 Å². The molecule has 164 valence electrons. The molecule has 0 aliphatic heterocycles. The number of unbranched alkanes of at least 4 members (excludes halogenated alkanes) is 16. The summed E-state index contributed by atoms with van der Waals surface area (Å²) in [6.07, 6.45) is 34.1. The minimum Gasteiger partial charge on any atom is -0.481 e. The summed E-state index contributed by atoms with van der Waals surface area (Å²) in [4.78, 5) is 10.4. The molecule has 0 saturated heterocycles. The summed E-state index contributed by atoms with van der Waals surface area (Å²) in [6, 6.07) is 0. The van der Waals surface area contributed by atoms with E-state index in [1.165, 1.54) is 96.3 Å². The van der Waals surface area contributed by atoms with Crippen molar-refractivity contribution in [3.63, 3.8) is 0 Å². The second kappa shape index (κ2) is 24.0. The van der Waals surface area contributed by atoms with Crippen molar-refractivity contribution in [2.45, 2.75) is 135 Å². The topological polar surface area (TPSA) is 37.3 Å². The van der Waals surface area contributed by atoms with Gasteiger partial charge in [-0.25, -0.2) is 0 Å². The summed E-state index contributed by atoms with van der Waals surface area (Å²) < 4.78 is 0. The summed E-state index contributed by atoms with van der Waals surface area (Å²) >= 11 is 0. The van der Waals surface area contributed by atoms with Gasteiger partial charge in [0.1, 0.15) is 0 Å². The van der Waals surface area contributed by atoms with Crippen molar-refractivity contribution in [1.82, 2.24) is 0 Å². The number of carboxylic acids is 1. The van der Waals surface area contributed by atoms with Crippen LogP contribution in [-0.4, -0.2) is 11.1 Å². The Bertz CT molecular complexity index is 371. The number of rotatable bonds is 22. The van der Waals surface area contributed by atoms with Gasteiger partial charge in [-0.2, -0.15) is 0 Å². The van der Waals surface area contributed by atoms with Crippen LogP contribution in [0.4, 0.5) is 0 Å². The first-order valence-corrected chi connectivity index (χ1v) is 12.3. The van der Waals surface area contributed by atoms with E-state index < -0.39 is 5.97 Å². The van der Waals surface area contributed by atoms with Gasteiger partial charge in [-0.3, -0.25) is 4.79 Å². The molecule has 0 spiro atoms. The molecule has 0 aliphatic rings. The highest BCUT2D eigenvalue weighted by Crippen LogP contribution is 2.13. The summed E-state index contributed by atoms with van der Waals surface area (Å²) in [5.41, 5.74) is 0. The number of aliphatic carboxylic acids is 1. The van der Waals surface area contributed by atoms with Crippen molar-refractivity contribution in [3.8, 4) is 0 Å². The molecule has 0 saturated carbocycles. The van der Waals surface area contributed by atoms with Gasteiger partial charge >= 0.3 is 5.97 Å². The third kappa shape index (κ3) is 24.9. The quantitative estimate of drug-likeness (QED) is 0.147. The first-order valence-electron chi connectivity index (χ1n) is 12.3. The maximum Gasteiger partial charge on any atom is 0.303 e. The second-order valence-electron chi connectivity index (χ2n) is 8.19. The van der Waals surface area contributed by atoms with Gasteiger partial charge in [0.2, 0.25) is 0 Å². The Kier molecular flexibility index (Phi) is 23.1. The van der Waals surface area contributed by atoms with Crippen molar-refractivity contribution >= 4 is 5.97 Å². The van der Waals surface area contributed by atoms with Gasteiger partial charge < -0.3 is 5.11 Å². The number of carboxylic acid groups (broad SMARTS) is 1. The summed E-state index contributed by atoms with van der Waals surface area (Å²) in [7, 11) is 0. The molecule has 28 heavy (non-hydrogen) atoms. The van der Waals surface area contributed by atoms with E-state index in [0.717, 1.165) is 25.7 Å². The van der Waals surface area contributed by atoms with E-state index in [1.54, 1.807) is 0 Å². The van der Waals surface area contributed by atoms with Gasteiger partial charge in [0.05, 0.1) is 0 Å². The van der Waals surface area contributed by atoms with E-state index in [4.69, 9.17) is 5.11 Å². The predicted molar refractivity (Wildman–Crippen MR) is 124 cm³/mol. The highest BCUT2D eigenvalue weighted by Gasteiger charge is 1.94. The van der Waals surface area contributed by atoms with E-state index in [9.17, 15) is 4.79 Å². The minimum absolute atomic E-state index is 0.281. The number of hydrogen-bond donors (Lipinski definition) is 1. The lowest BCUT2D eigenvalue weighted by atomic mass is 10.0. The molecular formula is C26H48O2. The third-order valence-corrected chi connectivity index (χ3v) is 5.32. The van der Waals surface area contributed by atoms with Crippen molar-refractivity contribution < 1.29 is 9.90 Å². The fraction of sp³-hybridized carbons (Fsp3) is 0.808. The SMILES string of the molecule is CCCCCCCCCCCCCCCCC=CCCC=CCCCC(=O)O. The van der Waals surface area contributed by atoms with Crippen molar-refractivity contribution in [3.05, 3.63) is 24.3 Å². The van der Waals surface area contributed by atoms with Crippen LogP contribution in [-0.2, 0) is 4.79 Å². The molecule has 0 unspecified atom stereocenters. The number of allylic oxidation sites excluding steroid dienone is 4. The third-order valence-electron chi connectivity index (χ3n) is 5.32. The molecule has 0 atom stereocenters. The van der Waals surface area contributed by atoms with Crippen molar-refractivity contribution in [2.24, 2.45) is 0 Å². The molecule has 0 fully saturated rings. The van der Waals surface area contributed by atoms with Gasteiger partial charge in [-0.1, -0.05) is 115 Å². The number of hydrogen-bond acceptors (Lipinski definition) is 1. The van der Waals surface area contributed by atoms with E-state index >= 15 is 0 Å². The normalized spacial score (nSPS) is 11.8. The Balaban J connectivity index is 3.13. The summed E-state index contributed by atoms with van der Waals surface area (Å²) in [5.74, 6) is -0.695. The lowest BCUT2D eigenvalue weighted by Gasteiger charge is -2.02. The Hall–Kier alpha value is -1.05. The molecule has 0 radical (unpaired) electrons. The Labute approximate surface area is 175 Å². The highest BCUT2D eigenvalue weighted by molar-refractivity contribution is 5.66. The fourth-order valence-electron chi connectivity index (χ4n) is 3.49. The molecule has 0 bridgehead atoms. The Morgan fingerprint density at radius 2 is 0.893 bits per heavy atom. The predicted octanol–water partition coefficient (Wildman–Crippen LogP) is 9.01. The summed E-state index contributed by atoms with van der Waals surface area (Å²) in [6.45, 7) is 2.29. The van der Waals surface area contributed by atoms with Crippen LogP contribution in [0.3, 0.4) is 0 Å². The smallest absolute Gasteiger partial charge is 0.303 e. The molecule has 0 aromatic rings. The zero-order valence-corrected chi connectivity index (χ0v) is 18.8. The van der Waals surface area contributed by atoms with Gasteiger partial charge in [0.25, 0.3) is 0 Å². The fourth-order valence-corrected chi connectivity index (χ4v) is 3.49. The average molecular weight is 393 g/mol. The van der Waals surface area contributed by atoms with Crippen molar-refractivity contribution in [2.75, 3.05) is 0 Å². The average Bonchev–Trinajstić information content (AvgIpc) is 2.68. The molecule has 1 N–H and O–H groups in total. The summed E-state index contributed by atoms with van der Waals surface area (Å²) in [5, 5.41) is 8.55. The van der Waals surface area contributed by atoms with Crippen LogP contribution >= 0.6 is 0 Å². The van der Waals surface area contributed by atoms with Crippen molar-refractivity contribution in [1.29, 1.82) is 0 Å². The van der Waals surface area contributed by atoms with Crippen LogP contribution < -0.4 is 0 Å². The van der Waals surface area contributed by atoms with E-state index in [2.05, 4.69) is 31.2 Å². The molecular weight excluding hydrogens is 344 g/mol. The largest absolute Gasteiger partial charge is 0.481 e. The monoisotopic (exact) mass is 392 g/mol. The Morgan fingerprint density at radius 3 is 1.32 bits per heavy atom. The molecule has 0 aromatic carbocycles. The van der Waals surface area contributed by atoms with Crippen LogP contribution in [0.2, 0.25) is 0 Å². The zero-order valence-electron chi connectivity index (χ0n) is 18.8. The molecule has 0 aromatic heterocycles. The molecule has 0 rings (SSSR count). The molecule has 2 heteroatoms. The molecule has 0 amide bonds. The highest BCUT2D eigenvalue weighted by atomic mass is 16.4. The minimum atomic E-state index is -0.695. The van der Waals surface area contributed by atoms with Crippen LogP contribution in [0.1, 0.15) is 135 Å². The zero-order chi connectivity index (χ0) is 20.5. The number of carbonyl (C=O) groups is 1. The maximum atomic E-state index is 10.4. The van der Waals surface area contributed by atoms with Crippen LogP contribution in [0.5, 0.6) is 0 Å². The van der Waals surface area contributed by atoms with E-state index in [-0.39, 0.29) is 6.42 Å². The van der Waals surface area contributed by atoms with Gasteiger partial charge in [0, 0.05) is 6.42 Å². The molecule has 2 nitrogen and oxygen atoms in total. The maximum absolute atomic E-state index is 10.4.